The van der Waals surface area contributed by atoms with Gasteiger partial charge >= 0.3 is 6.09 Å². The van der Waals surface area contributed by atoms with Crippen LogP contribution in [-0.4, -0.2) is 37.4 Å². The molecule has 0 radical (unpaired) electrons. The van der Waals surface area contributed by atoms with E-state index in [1.54, 1.807) is 45.0 Å². The van der Waals surface area contributed by atoms with Crippen LogP contribution in [0, 0.1) is 5.82 Å². The van der Waals surface area contributed by atoms with Crippen LogP contribution in [0.2, 0.25) is 0 Å². The van der Waals surface area contributed by atoms with Crippen LogP contribution in [0.3, 0.4) is 0 Å². The Bertz CT molecular complexity index is 1000. The number of alkyl carbamates (subject to hydrolysis) is 1. The van der Waals surface area contributed by atoms with Crippen LogP contribution in [0.25, 0.3) is 0 Å². The van der Waals surface area contributed by atoms with Crippen molar-refractivity contribution in [3.8, 4) is 0 Å². The van der Waals surface area contributed by atoms with E-state index in [1.807, 2.05) is 0 Å². The molecule has 1 fully saturated rings. The highest BCUT2D eigenvalue weighted by Crippen LogP contribution is 2.57. The molecule has 29 heavy (non-hydrogen) atoms. The molecule has 6 nitrogen and oxygen atoms in total. The van der Waals surface area contributed by atoms with Gasteiger partial charge < -0.3 is 15.8 Å². The number of ether oxygens (including phenoxy) is 1. The lowest BCUT2D eigenvalue weighted by Crippen LogP contribution is -2.49. The van der Waals surface area contributed by atoms with Crippen molar-refractivity contribution in [3.63, 3.8) is 0 Å². The van der Waals surface area contributed by atoms with Crippen molar-refractivity contribution in [2.24, 2.45) is 5.73 Å². The van der Waals surface area contributed by atoms with E-state index in [9.17, 15) is 17.6 Å². The maximum atomic E-state index is 13.8. The van der Waals surface area contributed by atoms with Crippen LogP contribution in [0.1, 0.15) is 32.3 Å². The van der Waals surface area contributed by atoms with Crippen LogP contribution in [-0.2, 0) is 14.6 Å². The first-order valence-electron chi connectivity index (χ1n) is 9.27. The number of carbonyl (C=O) groups excluding carboxylic acids is 1. The smallest absolute Gasteiger partial charge is 0.408 e. The van der Waals surface area contributed by atoms with E-state index < -0.39 is 44.1 Å². The predicted molar refractivity (Wildman–Crippen MR) is 108 cm³/mol. The first kappa shape index (κ1) is 21.3. The molecular formula is C21H25FN2O4S. The Morgan fingerprint density at radius 2 is 1.83 bits per heavy atom. The van der Waals surface area contributed by atoms with Gasteiger partial charge in [0.2, 0.25) is 0 Å². The van der Waals surface area contributed by atoms with Crippen LogP contribution in [0.4, 0.5) is 9.18 Å². The largest absolute Gasteiger partial charge is 0.444 e. The Labute approximate surface area is 170 Å². The minimum Gasteiger partial charge on any atom is -0.444 e. The van der Waals surface area contributed by atoms with E-state index in [2.05, 4.69) is 5.32 Å². The molecule has 0 unspecified atom stereocenters. The molecule has 3 atom stereocenters. The van der Waals surface area contributed by atoms with Gasteiger partial charge in [-0.1, -0.05) is 30.3 Å². The molecule has 3 rings (SSSR count). The van der Waals surface area contributed by atoms with Crippen LogP contribution in [0.15, 0.2) is 59.5 Å². The fraction of sp³-hybridized carbons (Fsp3) is 0.381. The van der Waals surface area contributed by atoms with Crippen molar-refractivity contribution < 1.29 is 22.3 Å². The molecule has 2 aromatic rings. The molecule has 0 aliphatic heterocycles. The van der Waals surface area contributed by atoms with Crippen molar-refractivity contribution in [1.29, 1.82) is 0 Å². The molecule has 3 N–H and O–H groups in total. The summed E-state index contributed by atoms with van der Waals surface area (Å²) in [6, 6.07) is 13.6. The second-order valence-electron chi connectivity index (χ2n) is 8.18. The number of hydrogen-bond acceptors (Lipinski definition) is 5. The molecule has 1 aliphatic carbocycles. The molecule has 0 bridgehead atoms. The molecule has 0 spiro atoms. The molecule has 0 saturated heterocycles. The summed E-state index contributed by atoms with van der Waals surface area (Å²) in [6.07, 6.45) is -0.768. The second-order valence-corrected chi connectivity index (χ2v) is 10.3. The van der Waals surface area contributed by atoms with Gasteiger partial charge in [-0.3, -0.25) is 0 Å². The van der Waals surface area contributed by atoms with Gasteiger partial charge in [-0.15, -0.1) is 0 Å². The Morgan fingerprint density at radius 1 is 1.17 bits per heavy atom. The van der Waals surface area contributed by atoms with Crippen molar-refractivity contribution in [2.45, 2.75) is 48.0 Å². The van der Waals surface area contributed by atoms with Crippen molar-refractivity contribution in [1.82, 2.24) is 5.32 Å². The van der Waals surface area contributed by atoms with Crippen molar-refractivity contribution in [2.75, 3.05) is 6.54 Å². The summed E-state index contributed by atoms with van der Waals surface area (Å²) in [5, 5.41) is 1.64. The fourth-order valence-corrected chi connectivity index (χ4v) is 6.09. The van der Waals surface area contributed by atoms with E-state index in [-0.39, 0.29) is 11.4 Å². The van der Waals surface area contributed by atoms with E-state index in [0.717, 1.165) is 0 Å². The van der Waals surface area contributed by atoms with E-state index in [1.165, 1.54) is 30.3 Å². The Balaban J connectivity index is 2.04. The highest BCUT2D eigenvalue weighted by molar-refractivity contribution is 7.92. The maximum absolute atomic E-state index is 13.8. The average molecular weight is 421 g/mol. The predicted octanol–water partition coefficient (Wildman–Crippen LogP) is 2.99. The summed E-state index contributed by atoms with van der Waals surface area (Å²) in [6.45, 7) is 4.97. The number of carbonyl (C=O) groups is 1. The molecule has 8 heteroatoms. The van der Waals surface area contributed by atoms with E-state index in [4.69, 9.17) is 10.5 Å². The molecule has 0 heterocycles. The quantitative estimate of drug-likeness (QED) is 0.775. The van der Waals surface area contributed by atoms with Gasteiger partial charge in [-0.2, -0.15) is 0 Å². The molecule has 1 aliphatic rings. The molecular weight excluding hydrogens is 395 g/mol. The Kier molecular flexibility index (Phi) is 5.44. The summed E-state index contributed by atoms with van der Waals surface area (Å²) in [7, 11) is -3.86. The summed E-state index contributed by atoms with van der Waals surface area (Å²) in [5.74, 6) is -1.20. The number of halogens is 1. The number of rotatable bonds is 5. The molecule has 1 amide bonds. The molecule has 0 aromatic heterocycles. The van der Waals surface area contributed by atoms with Gasteiger partial charge in [0.25, 0.3) is 0 Å². The van der Waals surface area contributed by atoms with Gasteiger partial charge in [0, 0.05) is 12.5 Å². The average Bonchev–Trinajstić information content (AvgIpc) is 3.30. The van der Waals surface area contributed by atoms with E-state index >= 15 is 0 Å². The zero-order valence-electron chi connectivity index (χ0n) is 16.6. The summed E-state index contributed by atoms with van der Waals surface area (Å²) in [5.41, 5.74) is 4.37. The zero-order valence-corrected chi connectivity index (χ0v) is 17.4. The third-order valence-electron chi connectivity index (χ3n) is 4.94. The minimum atomic E-state index is -3.86. The third kappa shape index (κ3) is 4.13. The number of amides is 1. The maximum Gasteiger partial charge on any atom is 0.408 e. The summed E-state index contributed by atoms with van der Waals surface area (Å²) < 4.78 is 45.9. The number of benzene rings is 2. The standard InChI is InChI=1S/C21H25FN2O4S/c1-20(2,3)28-19(25)24-21(13-23)17(14-8-7-9-15(22)12-14)18(21)29(26,27)16-10-5-4-6-11-16/h4-12,17-18H,13,23H2,1-3H3,(H,24,25)/t17-,18-,21+/m0/s1. The zero-order chi connectivity index (χ0) is 21.4. The van der Waals surface area contributed by atoms with Gasteiger partial charge in [-0.25, -0.2) is 17.6 Å². The minimum absolute atomic E-state index is 0.118. The summed E-state index contributed by atoms with van der Waals surface area (Å²) in [4.78, 5) is 12.6. The Morgan fingerprint density at radius 3 is 2.38 bits per heavy atom. The summed E-state index contributed by atoms with van der Waals surface area (Å²) >= 11 is 0. The molecule has 156 valence electrons. The van der Waals surface area contributed by atoms with Crippen LogP contribution >= 0.6 is 0 Å². The topological polar surface area (TPSA) is 98.5 Å². The lowest BCUT2D eigenvalue weighted by Gasteiger charge is -2.24. The van der Waals surface area contributed by atoms with Gasteiger partial charge in [0.1, 0.15) is 16.7 Å². The first-order chi connectivity index (χ1) is 13.5. The highest BCUT2D eigenvalue weighted by Gasteiger charge is 2.71. The van der Waals surface area contributed by atoms with Crippen molar-refractivity contribution in [3.05, 3.63) is 66.0 Å². The highest BCUT2D eigenvalue weighted by atomic mass is 32.2. The van der Waals surface area contributed by atoms with Gasteiger partial charge in [0.05, 0.1) is 10.4 Å². The van der Waals surface area contributed by atoms with Crippen LogP contribution < -0.4 is 11.1 Å². The third-order valence-corrected chi connectivity index (χ3v) is 7.23. The van der Waals surface area contributed by atoms with Gasteiger partial charge in [0.15, 0.2) is 9.84 Å². The number of sulfone groups is 1. The number of hydrogen-bond donors (Lipinski definition) is 2. The normalized spacial score (nSPS) is 24.0. The molecule has 2 aromatic carbocycles. The van der Waals surface area contributed by atoms with Crippen molar-refractivity contribution >= 4 is 15.9 Å². The van der Waals surface area contributed by atoms with Gasteiger partial charge in [-0.05, 0) is 50.6 Å². The Hall–Kier alpha value is -2.45. The van der Waals surface area contributed by atoms with E-state index in [0.29, 0.717) is 5.56 Å². The second kappa shape index (κ2) is 7.42. The lowest BCUT2D eigenvalue weighted by molar-refractivity contribution is 0.0497. The molecule has 1 saturated carbocycles. The number of nitrogens with two attached hydrogens (primary N) is 1. The van der Waals surface area contributed by atoms with Crippen LogP contribution in [0.5, 0.6) is 0 Å². The monoisotopic (exact) mass is 420 g/mol. The fourth-order valence-electron chi connectivity index (χ4n) is 3.73. The lowest BCUT2D eigenvalue weighted by atomic mass is 10.1. The SMILES string of the molecule is CC(C)(C)OC(=O)N[C@]1(CN)[C@@H](c2cccc(F)c2)[C@@H]1S(=O)(=O)c1ccccc1. The number of nitrogens with one attached hydrogen (secondary N) is 1. The first-order valence-corrected chi connectivity index (χ1v) is 10.8.